The highest BCUT2D eigenvalue weighted by atomic mass is 16.5. The van der Waals surface area contributed by atoms with Gasteiger partial charge in [0.2, 0.25) is 0 Å². The molecule has 2 nitrogen and oxygen atoms in total. The van der Waals surface area contributed by atoms with E-state index in [0.29, 0.717) is 12.6 Å². The summed E-state index contributed by atoms with van der Waals surface area (Å²) in [4.78, 5) is 0. The van der Waals surface area contributed by atoms with Crippen LogP contribution in [0.5, 0.6) is 0 Å². The molecule has 0 aromatic heterocycles. The van der Waals surface area contributed by atoms with E-state index in [1.807, 2.05) is 6.92 Å². The minimum absolute atomic E-state index is 0.292. The molecule has 0 aliphatic rings. The predicted octanol–water partition coefficient (Wildman–Crippen LogP) is 1.15. The molecule has 0 bridgehead atoms. The smallest absolute Gasteiger partial charge is 0.0697 e. The van der Waals surface area contributed by atoms with Crippen LogP contribution in [0.25, 0.3) is 0 Å². The molecule has 0 heterocycles. The van der Waals surface area contributed by atoms with E-state index in [1.165, 1.54) is 0 Å². The van der Waals surface area contributed by atoms with Gasteiger partial charge >= 0.3 is 0 Å². The van der Waals surface area contributed by atoms with E-state index in [9.17, 15) is 0 Å². The van der Waals surface area contributed by atoms with Crippen LogP contribution in [0.1, 0.15) is 26.7 Å². The van der Waals surface area contributed by atoms with Gasteiger partial charge in [-0.05, 0) is 13.3 Å². The minimum atomic E-state index is 0.292. The fourth-order valence-corrected chi connectivity index (χ4v) is 0.827. The van der Waals surface area contributed by atoms with Crippen LogP contribution in [0.2, 0.25) is 0 Å². The summed E-state index contributed by atoms with van der Waals surface area (Å²) < 4.78 is 5.31. The molecule has 0 unspecified atom stereocenters. The lowest BCUT2D eigenvalue weighted by atomic mass is 10.2. The van der Waals surface area contributed by atoms with Crippen LogP contribution in [-0.2, 0) is 4.74 Å². The quantitative estimate of drug-likeness (QED) is 0.607. The highest BCUT2D eigenvalue weighted by molar-refractivity contribution is 4.55. The molecule has 56 valence electrons. The average Bonchev–Trinajstić information content (AvgIpc) is 1.88. The van der Waals surface area contributed by atoms with Gasteiger partial charge in [-0.25, -0.2) is 0 Å². The molecule has 2 heteroatoms. The molecule has 0 aliphatic carbocycles. The SMILES string of the molecule is CCC[C@H](CN)OCC. The minimum Gasteiger partial charge on any atom is -0.377 e. The Balaban J connectivity index is 3.18. The summed E-state index contributed by atoms with van der Waals surface area (Å²) in [5, 5.41) is 0. The standard InChI is InChI=1S/C7H17NO/c1-3-5-7(6-8)9-4-2/h7H,3-6,8H2,1-2H3/t7-/m1/s1. The van der Waals surface area contributed by atoms with Crippen molar-refractivity contribution in [2.45, 2.75) is 32.8 Å². The molecular formula is C7H17NO. The van der Waals surface area contributed by atoms with Crippen molar-refractivity contribution < 1.29 is 4.74 Å². The van der Waals surface area contributed by atoms with Crippen molar-refractivity contribution >= 4 is 0 Å². The number of hydrogen-bond acceptors (Lipinski definition) is 2. The van der Waals surface area contributed by atoms with Gasteiger partial charge in [0, 0.05) is 13.2 Å². The van der Waals surface area contributed by atoms with Crippen molar-refractivity contribution in [3.8, 4) is 0 Å². The first-order valence-corrected chi connectivity index (χ1v) is 3.66. The Hall–Kier alpha value is -0.0800. The molecule has 0 spiro atoms. The van der Waals surface area contributed by atoms with E-state index in [2.05, 4.69) is 6.92 Å². The van der Waals surface area contributed by atoms with E-state index in [0.717, 1.165) is 19.4 Å². The van der Waals surface area contributed by atoms with E-state index < -0.39 is 0 Å². The normalized spacial score (nSPS) is 13.7. The maximum atomic E-state index is 5.42. The van der Waals surface area contributed by atoms with Crippen LogP contribution in [0.4, 0.5) is 0 Å². The second-order valence-corrected chi connectivity index (χ2v) is 2.10. The third-order valence-corrected chi connectivity index (χ3v) is 1.28. The highest BCUT2D eigenvalue weighted by Crippen LogP contribution is 1.98. The van der Waals surface area contributed by atoms with Gasteiger partial charge in [-0.2, -0.15) is 0 Å². The molecule has 0 aliphatic heterocycles. The number of rotatable bonds is 5. The van der Waals surface area contributed by atoms with Gasteiger partial charge in [-0.3, -0.25) is 0 Å². The monoisotopic (exact) mass is 131 g/mol. The molecular weight excluding hydrogens is 114 g/mol. The van der Waals surface area contributed by atoms with Crippen LogP contribution in [-0.4, -0.2) is 19.3 Å². The Kier molecular flexibility index (Phi) is 5.99. The Bertz CT molecular complexity index is 50.9. The van der Waals surface area contributed by atoms with Crippen LogP contribution >= 0.6 is 0 Å². The van der Waals surface area contributed by atoms with Crippen LogP contribution in [0, 0.1) is 0 Å². The second-order valence-electron chi connectivity index (χ2n) is 2.10. The van der Waals surface area contributed by atoms with E-state index >= 15 is 0 Å². The van der Waals surface area contributed by atoms with Crippen molar-refractivity contribution in [1.29, 1.82) is 0 Å². The first-order chi connectivity index (χ1) is 4.35. The Morgan fingerprint density at radius 3 is 2.44 bits per heavy atom. The molecule has 0 amide bonds. The summed E-state index contributed by atoms with van der Waals surface area (Å²) in [5.74, 6) is 0. The number of nitrogens with two attached hydrogens (primary N) is 1. The summed E-state index contributed by atoms with van der Waals surface area (Å²) in [6.45, 7) is 5.57. The summed E-state index contributed by atoms with van der Waals surface area (Å²) in [7, 11) is 0. The predicted molar refractivity (Wildman–Crippen MR) is 39.4 cm³/mol. The van der Waals surface area contributed by atoms with Crippen molar-refractivity contribution in [1.82, 2.24) is 0 Å². The van der Waals surface area contributed by atoms with Crippen LogP contribution in [0.3, 0.4) is 0 Å². The fraction of sp³-hybridized carbons (Fsp3) is 1.00. The zero-order chi connectivity index (χ0) is 7.11. The zero-order valence-corrected chi connectivity index (χ0v) is 6.39. The third-order valence-electron chi connectivity index (χ3n) is 1.28. The molecule has 0 aromatic rings. The molecule has 0 rings (SSSR count). The number of ether oxygens (including phenoxy) is 1. The second kappa shape index (κ2) is 6.05. The van der Waals surface area contributed by atoms with E-state index in [4.69, 9.17) is 10.5 Å². The summed E-state index contributed by atoms with van der Waals surface area (Å²) >= 11 is 0. The molecule has 0 radical (unpaired) electrons. The Labute approximate surface area is 57.4 Å². The van der Waals surface area contributed by atoms with Gasteiger partial charge in [0.25, 0.3) is 0 Å². The van der Waals surface area contributed by atoms with E-state index in [-0.39, 0.29) is 0 Å². The Morgan fingerprint density at radius 2 is 2.11 bits per heavy atom. The average molecular weight is 131 g/mol. The van der Waals surface area contributed by atoms with Gasteiger partial charge in [0.1, 0.15) is 0 Å². The molecule has 0 saturated heterocycles. The maximum Gasteiger partial charge on any atom is 0.0697 e. The first kappa shape index (κ1) is 8.92. The lowest BCUT2D eigenvalue weighted by molar-refractivity contribution is 0.0625. The summed E-state index contributed by atoms with van der Waals surface area (Å²) in [5.41, 5.74) is 5.42. The van der Waals surface area contributed by atoms with Crippen LogP contribution < -0.4 is 5.73 Å². The molecule has 0 aromatic carbocycles. The van der Waals surface area contributed by atoms with Gasteiger partial charge in [-0.15, -0.1) is 0 Å². The lowest BCUT2D eigenvalue weighted by Crippen LogP contribution is -2.23. The fourth-order valence-electron chi connectivity index (χ4n) is 0.827. The van der Waals surface area contributed by atoms with Crippen molar-refractivity contribution in [2.24, 2.45) is 5.73 Å². The largest absolute Gasteiger partial charge is 0.377 e. The molecule has 9 heavy (non-hydrogen) atoms. The highest BCUT2D eigenvalue weighted by Gasteiger charge is 2.01. The van der Waals surface area contributed by atoms with E-state index in [1.54, 1.807) is 0 Å². The van der Waals surface area contributed by atoms with Crippen molar-refractivity contribution in [2.75, 3.05) is 13.2 Å². The van der Waals surface area contributed by atoms with Crippen LogP contribution in [0.15, 0.2) is 0 Å². The van der Waals surface area contributed by atoms with Gasteiger partial charge in [-0.1, -0.05) is 13.3 Å². The maximum absolute atomic E-state index is 5.42. The summed E-state index contributed by atoms with van der Waals surface area (Å²) in [6.07, 6.45) is 2.53. The lowest BCUT2D eigenvalue weighted by Gasteiger charge is -2.12. The molecule has 0 saturated carbocycles. The first-order valence-electron chi connectivity index (χ1n) is 3.66. The van der Waals surface area contributed by atoms with Crippen molar-refractivity contribution in [3.05, 3.63) is 0 Å². The molecule has 0 fully saturated rings. The van der Waals surface area contributed by atoms with Crippen molar-refractivity contribution in [3.63, 3.8) is 0 Å². The third kappa shape index (κ3) is 4.43. The van der Waals surface area contributed by atoms with Gasteiger partial charge in [0.05, 0.1) is 6.10 Å². The number of hydrogen-bond donors (Lipinski definition) is 1. The Morgan fingerprint density at radius 1 is 1.44 bits per heavy atom. The molecule has 1 atom stereocenters. The van der Waals surface area contributed by atoms with Gasteiger partial charge in [0.15, 0.2) is 0 Å². The summed E-state index contributed by atoms with van der Waals surface area (Å²) in [6, 6.07) is 0. The molecule has 2 N–H and O–H groups in total. The topological polar surface area (TPSA) is 35.2 Å². The van der Waals surface area contributed by atoms with Gasteiger partial charge < -0.3 is 10.5 Å². The zero-order valence-electron chi connectivity index (χ0n) is 6.39.